The third-order valence-electron chi connectivity index (χ3n) is 6.75. The lowest BCUT2D eigenvalue weighted by molar-refractivity contribution is -0.150. The van der Waals surface area contributed by atoms with Gasteiger partial charge in [0.05, 0.1) is 0 Å². The van der Waals surface area contributed by atoms with Gasteiger partial charge in [0.1, 0.15) is 6.10 Å². The van der Waals surface area contributed by atoms with E-state index in [1.807, 2.05) is 0 Å². The van der Waals surface area contributed by atoms with E-state index in [1.54, 1.807) is 0 Å². The Bertz CT molecular complexity index is 729. The molecule has 0 heterocycles. The van der Waals surface area contributed by atoms with Crippen LogP contribution in [0.4, 0.5) is 0 Å². The van der Waals surface area contributed by atoms with Gasteiger partial charge >= 0.3 is 11.9 Å². The Balaban J connectivity index is 4.01. The van der Waals surface area contributed by atoms with Crippen molar-refractivity contribution in [2.75, 3.05) is 0 Å². The Hall–Kier alpha value is -2.36. The number of hydrogen-bond acceptors (Lipinski definition) is 3. The van der Waals surface area contributed by atoms with Crippen LogP contribution in [0.15, 0.2) is 60.8 Å². The van der Waals surface area contributed by atoms with E-state index in [4.69, 9.17) is 9.84 Å². The molecule has 0 radical (unpaired) electrons. The van der Waals surface area contributed by atoms with Crippen LogP contribution in [0.1, 0.15) is 149 Å². The van der Waals surface area contributed by atoms with Crippen LogP contribution in [-0.4, -0.2) is 23.1 Å². The summed E-state index contributed by atoms with van der Waals surface area (Å²) in [7, 11) is 0. The Morgan fingerprint density at radius 2 is 1.05 bits per heavy atom. The molecule has 0 aromatic carbocycles. The van der Waals surface area contributed by atoms with Gasteiger partial charge in [-0.3, -0.25) is 9.59 Å². The van der Waals surface area contributed by atoms with Crippen LogP contribution in [-0.2, 0) is 14.3 Å². The quantitative estimate of drug-likeness (QED) is 0.0591. The van der Waals surface area contributed by atoms with E-state index in [9.17, 15) is 9.59 Å². The molecule has 0 aliphatic rings. The van der Waals surface area contributed by atoms with Crippen LogP contribution in [0, 0.1) is 0 Å². The summed E-state index contributed by atoms with van der Waals surface area (Å²) in [4.78, 5) is 23.3. The zero-order chi connectivity index (χ0) is 29.4. The molecule has 228 valence electrons. The summed E-state index contributed by atoms with van der Waals surface area (Å²) in [5.41, 5.74) is 0. The van der Waals surface area contributed by atoms with E-state index < -0.39 is 5.97 Å². The lowest BCUT2D eigenvalue weighted by Gasteiger charge is -2.17. The van der Waals surface area contributed by atoms with Gasteiger partial charge in [-0.2, -0.15) is 0 Å². The minimum absolute atomic E-state index is 0.135. The zero-order valence-corrected chi connectivity index (χ0v) is 25.9. The molecule has 0 rings (SSSR count). The second-order valence-electron chi connectivity index (χ2n) is 10.6. The first kappa shape index (κ1) is 37.6. The summed E-state index contributed by atoms with van der Waals surface area (Å²) >= 11 is 0. The molecule has 0 bridgehead atoms. The van der Waals surface area contributed by atoms with Gasteiger partial charge in [0.25, 0.3) is 0 Å². The fourth-order valence-corrected chi connectivity index (χ4v) is 4.40. The molecule has 0 aliphatic carbocycles. The van der Waals surface area contributed by atoms with Gasteiger partial charge in [0.15, 0.2) is 0 Å². The van der Waals surface area contributed by atoms with Crippen molar-refractivity contribution in [3.63, 3.8) is 0 Å². The number of esters is 1. The molecular formula is C36H60O4. The maximum atomic E-state index is 12.4. The summed E-state index contributed by atoms with van der Waals surface area (Å²) < 4.78 is 5.75. The van der Waals surface area contributed by atoms with Gasteiger partial charge in [0, 0.05) is 12.8 Å². The summed E-state index contributed by atoms with van der Waals surface area (Å²) in [6.45, 7) is 4.39. The third-order valence-corrected chi connectivity index (χ3v) is 6.75. The number of carboxylic acid groups (broad SMARTS) is 1. The summed E-state index contributed by atoms with van der Waals surface area (Å²) in [5.74, 6) is -0.936. The SMILES string of the molecule is CC/C=C\C/C=C\C/C=C\C/C=C\C/C=C\CCCC(=O)OC(CCCCCCCCCCC)CCCC(=O)O. The maximum absolute atomic E-state index is 12.4. The third kappa shape index (κ3) is 30.2. The van der Waals surface area contributed by atoms with Crippen molar-refractivity contribution in [1.29, 1.82) is 0 Å². The number of carbonyl (C=O) groups excluding carboxylic acids is 1. The molecule has 0 aromatic heterocycles. The first-order valence-corrected chi connectivity index (χ1v) is 16.3. The van der Waals surface area contributed by atoms with E-state index in [1.165, 1.54) is 44.9 Å². The first-order valence-electron chi connectivity index (χ1n) is 16.3. The summed E-state index contributed by atoms with van der Waals surface area (Å²) in [6, 6.07) is 0. The van der Waals surface area contributed by atoms with E-state index in [0.717, 1.165) is 64.2 Å². The smallest absolute Gasteiger partial charge is 0.306 e. The molecular weight excluding hydrogens is 496 g/mol. The first-order chi connectivity index (χ1) is 19.6. The lowest BCUT2D eigenvalue weighted by Crippen LogP contribution is -2.18. The predicted octanol–water partition coefficient (Wildman–Crippen LogP) is 11.0. The second kappa shape index (κ2) is 31.2. The number of unbranched alkanes of at least 4 members (excludes halogenated alkanes) is 9. The predicted molar refractivity (Wildman–Crippen MR) is 172 cm³/mol. The van der Waals surface area contributed by atoms with Gasteiger partial charge in [-0.05, 0) is 70.6 Å². The number of rotatable bonds is 28. The highest BCUT2D eigenvalue weighted by atomic mass is 16.5. The number of carbonyl (C=O) groups is 2. The highest BCUT2D eigenvalue weighted by Gasteiger charge is 2.14. The van der Waals surface area contributed by atoms with E-state index in [0.29, 0.717) is 19.3 Å². The van der Waals surface area contributed by atoms with E-state index in [2.05, 4.69) is 74.6 Å². The van der Waals surface area contributed by atoms with Crippen LogP contribution in [0.2, 0.25) is 0 Å². The minimum atomic E-state index is -0.787. The fraction of sp³-hybridized carbons (Fsp3) is 0.667. The highest BCUT2D eigenvalue weighted by molar-refractivity contribution is 5.69. The average Bonchev–Trinajstić information content (AvgIpc) is 2.93. The molecule has 0 fully saturated rings. The monoisotopic (exact) mass is 556 g/mol. The van der Waals surface area contributed by atoms with Gasteiger partial charge in [-0.25, -0.2) is 0 Å². The molecule has 4 nitrogen and oxygen atoms in total. The molecule has 4 heteroatoms. The number of aliphatic carboxylic acids is 1. The van der Waals surface area contributed by atoms with Crippen molar-refractivity contribution in [1.82, 2.24) is 0 Å². The van der Waals surface area contributed by atoms with Crippen molar-refractivity contribution in [3.05, 3.63) is 60.8 Å². The van der Waals surface area contributed by atoms with E-state index >= 15 is 0 Å². The summed E-state index contributed by atoms with van der Waals surface area (Å²) in [6.07, 6.45) is 42.2. The molecule has 40 heavy (non-hydrogen) atoms. The largest absolute Gasteiger partial charge is 0.481 e. The number of hydrogen-bond donors (Lipinski definition) is 1. The van der Waals surface area contributed by atoms with Crippen LogP contribution in [0.25, 0.3) is 0 Å². The molecule has 0 spiro atoms. The Labute approximate surface area is 246 Å². The number of ether oxygens (including phenoxy) is 1. The normalized spacial score (nSPS) is 13.1. The van der Waals surface area contributed by atoms with E-state index in [-0.39, 0.29) is 18.5 Å². The Morgan fingerprint density at radius 3 is 1.57 bits per heavy atom. The molecule has 0 saturated carbocycles. The minimum Gasteiger partial charge on any atom is -0.481 e. The molecule has 1 atom stereocenters. The molecule has 0 aromatic rings. The average molecular weight is 557 g/mol. The molecule has 1 unspecified atom stereocenters. The van der Waals surface area contributed by atoms with Crippen molar-refractivity contribution >= 4 is 11.9 Å². The van der Waals surface area contributed by atoms with Crippen molar-refractivity contribution in [3.8, 4) is 0 Å². The van der Waals surface area contributed by atoms with Gasteiger partial charge in [0.2, 0.25) is 0 Å². The van der Waals surface area contributed by atoms with Crippen molar-refractivity contribution < 1.29 is 19.4 Å². The van der Waals surface area contributed by atoms with Gasteiger partial charge in [-0.15, -0.1) is 0 Å². The van der Waals surface area contributed by atoms with Crippen LogP contribution in [0.3, 0.4) is 0 Å². The van der Waals surface area contributed by atoms with Crippen LogP contribution >= 0.6 is 0 Å². The standard InChI is InChI=1S/C36H60O4/c1-3-5-7-9-11-13-14-15-16-17-18-19-20-22-24-26-28-33-36(39)40-34(31-29-32-35(37)38)30-27-25-23-21-12-10-8-6-4-2/h5,7,11,13,15-16,18-19,22,24,34H,3-4,6,8-10,12,14,17,20-21,23,25-33H2,1-2H3,(H,37,38)/b7-5-,13-11-,16-15-,19-18-,24-22-. The van der Waals surface area contributed by atoms with Crippen molar-refractivity contribution in [2.24, 2.45) is 0 Å². The molecule has 1 N–H and O–H groups in total. The van der Waals surface area contributed by atoms with Gasteiger partial charge in [-0.1, -0.05) is 126 Å². The van der Waals surface area contributed by atoms with Crippen LogP contribution < -0.4 is 0 Å². The zero-order valence-electron chi connectivity index (χ0n) is 25.9. The number of allylic oxidation sites excluding steroid dienone is 10. The summed E-state index contributed by atoms with van der Waals surface area (Å²) in [5, 5.41) is 8.95. The van der Waals surface area contributed by atoms with Crippen molar-refractivity contribution in [2.45, 2.75) is 155 Å². The second-order valence-corrected chi connectivity index (χ2v) is 10.6. The molecule has 0 aliphatic heterocycles. The topological polar surface area (TPSA) is 63.6 Å². The maximum Gasteiger partial charge on any atom is 0.306 e. The molecule has 0 amide bonds. The highest BCUT2D eigenvalue weighted by Crippen LogP contribution is 2.17. The van der Waals surface area contributed by atoms with Crippen LogP contribution in [0.5, 0.6) is 0 Å². The van der Waals surface area contributed by atoms with Gasteiger partial charge < -0.3 is 9.84 Å². The number of carboxylic acids is 1. The Morgan fingerprint density at radius 1 is 0.575 bits per heavy atom. The fourth-order valence-electron chi connectivity index (χ4n) is 4.40. The lowest BCUT2D eigenvalue weighted by atomic mass is 10.0. The Kier molecular flexibility index (Phi) is 29.3. The molecule has 0 saturated heterocycles.